The first-order valence-electron chi connectivity index (χ1n) is 6.53. The maximum absolute atomic E-state index is 13.9. The SMILES string of the molecule is O=c1c2cccc(F)c2nc2n1CCc1ccccc1-2. The van der Waals surface area contributed by atoms with E-state index in [0.717, 1.165) is 17.5 Å². The van der Waals surface area contributed by atoms with Gasteiger partial charge in [-0.2, -0.15) is 0 Å². The van der Waals surface area contributed by atoms with Crippen molar-refractivity contribution >= 4 is 10.9 Å². The van der Waals surface area contributed by atoms with Crippen LogP contribution in [0.5, 0.6) is 0 Å². The van der Waals surface area contributed by atoms with Crippen LogP contribution in [0, 0.1) is 5.82 Å². The second-order valence-corrected chi connectivity index (χ2v) is 4.94. The van der Waals surface area contributed by atoms with Crippen LogP contribution in [-0.2, 0) is 13.0 Å². The predicted octanol–water partition coefficient (Wildman–Crippen LogP) is 2.76. The average Bonchev–Trinajstić information content (AvgIpc) is 2.48. The molecule has 0 fully saturated rings. The molecular weight excluding hydrogens is 255 g/mol. The minimum atomic E-state index is -0.453. The Morgan fingerprint density at radius 1 is 1.10 bits per heavy atom. The smallest absolute Gasteiger partial charge is 0.261 e. The van der Waals surface area contributed by atoms with Crippen LogP contribution < -0.4 is 5.56 Å². The zero-order chi connectivity index (χ0) is 13.7. The Morgan fingerprint density at radius 3 is 2.85 bits per heavy atom. The molecule has 0 radical (unpaired) electrons. The van der Waals surface area contributed by atoms with Gasteiger partial charge in [-0.3, -0.25) is 9.36 Å². The second-order valence-electron chi connectivity index (χ2n) is 4.94. The molecule has 0 aliphatic carbocycles. The minimum absolute atomic E-state index is 0.153. The molecule has 2 aromatic carbocycles. The fraction of sp³-hybridized carbons (Fsp3) is 0.125. The summed E-state index contributed by atoms with van der Waals surface area (Å²) in [4.78, 5) is 16.9. The molecule has 0 atom stereocenters. The Balaban J connectivity index is 2.16. The number of hydrogen-bond donors (Lipinski definition) is 0. The summed E-state index contributed by atoms with van der Waals surface area (Å²) in [7, 11) is 0. The number of para-hydroxylation sites is 1. The molecule has 1 aliphatic rings. The van der Waals surface area contributed by atoms with Gasteiger partial charge in [0.15, 0.2) is 0 Å². The summed E-state index contributed by atoms with van der Waals surface area (Å²) in [6.07, 6.45) is 0.797. The normalized spacial score (nSPS) is 13.1. The van der Waals surface area contributed by atoms with E-state index in [1.54, 1.807) is 16.7 Å². The van der Waals surface area contributed by atoms with Gasteiger partial charge in [-0.05, 0) is 24.1 Å². The largest absolute Gasteiger partial charge is 0.292 e. The molecule has 0 saturated heterocycles. The Morgan fingerprint density at radius 2 is 1.95 bits per heavy atom. The molecule has 0 unspecified atom stereocenters. The summed E-state index contributed by atoms with van der Waals surface area (Å²) in [5, 5.41) is 0.341. The van der Waals surface area contributed by atoms with Gasteiger partial charge in [0.25, 0.3) is 5.56 Å². The first kappa shape index (κ1) is 11.3. The lowest BCUT2D eigenvalue weighted by molar-refractivity contribution is 0.627. The average molecular weight is 266 g/mol. The molecule has 0 spiro atoms. The summed E-state index contributed by atoms with van der Waals surface area (Å²) in [6.45, 7) is 0.588. The fourth-order valence-electron chi connectivity index (χ4n) is 2.81. The lowest BCUT2D eigenvalue weighted by Crippen LogP contribution is -2.27. The van der Waals surface area contributed by atoms with Crippen LogP contribution in [0.3, 0.4) is 0 Å². The molecule has 0 saturated carbocycles. The maximum atomic E-state index is 13.9. The first-order chi connectivity index (χ1) is 9.75. The molecule has 2 heterocycles. The number of aryl methyl sites for hydroxylation is 1. The molecule has 0 N–H and O–H groups in total. The summed E-state index contributed by atoms with van der Waals surface area (Å²) in [5.74, 6) is 0.112. The van der Waals surface area contributed by atoms with Gasteiger partial charge >= 0.3 is 0 Å². The number of fused-ring (bicyclic) bond motifs is 4. The third-order valence-corrected chi connectivity index (χ3v) is 3.80. The van der Waals surface area contributed by atoms with Crippen molar-refractivity contribution in [2.45, 2.75) is 13.0 Å². The predicted molar refractivity (Wildman–Crippen MR) is 75.1 cm³/mol. The quantitative estimate of drug-likeness (QED) is 0.627. The lowest BCUT2D eigenvalue weighted by Gasteiger charge is -2.21. The van der Waals surface area contributed by atoms with Crippen molar-refractivity contribution in [2.24, 2.45) is 0 Å². The monoisotopic (exact) mass is 266 g/mol. The van der Waals surface area contributed by atoms with E-state index in [1.807, 2.05) is 24.3 Å². The molecular formula is C16H11FN2O. The number of nitrogens with zero attached hydrogens (tertiary/aromatic N) is 2. The van der Waals surface area contributed by atoms with E-state index in [2.05, 4.69) is 4.98 Å². The number of aromatic nitrogens is 2. The maximum Gasteiger partial charge on any atom is 0.261 e. The van der Waals surface area contributed by atoms with Crippen LogP contribution in [0.2, 0.25) is 0 Å². The van der Waals surface area contributed by atoms with Gasteiger partial charge in [0.1, 0.15) is 17.2 Å². The van der Waals surface area contributed by atoms with Crippen molar-refractivity contribution in [1.82, 2.24) is 9.55 Å². The molecule has 1 aliphatic heterocycles. The van der Waals surface area contributed by atoms with Gasteiger partial charge in [0, 0.05) is 12.1 Å². The van der Waals surface area contributed by atoms with Crippen LogP contribution in [-0.4, -0.2) is 9.55 Å². The van der Waals surface area contributed by atoms with E-state index in [0.29, 0.717) is 17.8 Å². The van der Waals surface area contributed by atoms with Crippen molar-refractivity contribution in [3.05, 3.63) is 64.2 Å². The Kier molecular flexibility index (Phi) is 2.27. The standard InChI is InChI=1S/C16H11FN2O/c17-13-7-3-6-12-14(13)18-15-11-5-2-1-4-10(11)8-9-19(15)16(12)20/h1-7H,8-9H2. The number of rotatable bonds is 0. The number of benzene rings is 2. The van der Waals surface area contributed by atoms with Crippen LogP contribution >= 0.6 is 0 Å². The van der Waals surface area contributed by atoms with Crippen LogP contribution in [0.1, 0.15) is 5.56 Å². The van der Waals surface area contributed by atoms with Crippen LogP contribution in [0.4, 0.5) is 4.39 Å². The van der Waals surface area contributed by atoms with E-state index < -0.39 is 5.82 Å². The molecule has 4 rings (SSSR count). The van der Waals surface area contributed by atoms with Gasteiger partial charge in [-0.15, -0.1) is 0 Å². The van der Waals surface area contributed by atoms with Crippen molar-refractivity contribution in [2.75, 3.05) is 0 Å². The molecule has 4 heteroatoms. The molecule has 3 nitrogen and oxygen atoms in total. The molecule has 0 bridgehead atoms. The summed E-state index contributed by atoms with van der Waals surface area (Å²) < 4.78 is 15.5. The molecule has 98 valence electrons. The van der Waals surface area contributed by atoms with Gasteiger partial charge in [0.05, 0.1) is 5.39 Å². The molecule has 3 aromatic rings. The Labute approximate surface area is 114 Å². The van der Waals surface area contributed by atoms with Gasteiger partial charge in [-0.1, -0.05) is 30.3 Å². The highest BCUT2D eigenvalue weighted by Crippen LogP contribution is 2.27. The fourth-order valence-corrected chi connectivity index (χ4v) is 2.81. The van der Waals surface area contributed by atoms with Crippen molar-refractivity contribution in [1.29, 1.82) is 0 Å². The first-order valence-corrected chi connectivity index (χ1v) is 6.53. The highest BCUT2D eigenvalue weighted by molar-refractivity contribution is 5.81. The van der Waals surface area contributed by atoms with Gasteiger partial charge in [0.2, 0.25) is 0 Å². The summed E-state index contributed by atoms with van der Waals surface area (Å²) >= 11 is 0. The van der Waals surface area contributed by atoms with Crippen LogP contribution in [0.25, 0.3) is 22.3 Å². The zero-order valence-corrected chi connectivity index (χ0v) is 10.6. The van der Waals surface area contributed by atoms with E-state index in [9.17, 15) is 9.18 Å². The van der Waals surface area contributed by atoms with E-state index in [4.69, 9.17) is 0 Å². The molecule has 1 aromatic heterocycles. The highest BCUT2D eigenvalue weighted by atomic mass is 19.1. The number of halogens is 1. The van der Waals surface area contributed by atoms with E-state index >= 15 is 0 Å². The minimum Gasteiger partial charge on any atom is -0.292 e. The summed E-state index contributed by atoms with van der Waals surface area (Å²) in [6, 6.07) is 12.3. The Hall–Kier alpha value is -2.49. The van der Waals surface area contributed by atoms with Crippen molar-refractivity contribution < 1.29 is 4.39 Å². The van der Waals surface area contributed by atoms with Gasteiger partial charge in [-0.25, -0.2) is 9.37 Å². The zero-order valence-electron chi connectivity index (χ0n) is 10.6. The van der Waals surface area contributed by atoms with Gasteiger partial charge < -0.3 is 0 Å². The topological polar surface area (TPSA) is 34.9 Å². The van der Waals surface area contributed by atoms with Crippen molar-refractivity contribution in [3.8, 4) is 11.4 Å². The number of hydrogen-bond acceptors (Lipinski definition) is 2. The van der Waals surface area contributed by atoms with E-state index in [-0.39, 0.29) is 11.1 Å². The molecule has 20 heavy (non-hydrogen) atoms. The van der Waals surface area contributed by atoms with Crippen LogP contribution in [0.15, 0.2) is 47.3 Å². The summed E-state index contributed by atoms with van der Waals surface area (Å²) in [5.41, 5.74) is 2.05. The Bertz CT molecular complexity index is 899. The van der Waals surface area contributed by atoms with Crippen molar-refractivity contribution in [3.63, 3.8) is 0 Å². The lowest BCUT2D eigenvalue weighted by atomic mass is 10.00. The van der Waals surface area contributed by atoms with E-state index in [1.165, 1.54) is 6.07 Å². The second kappa shape index (κ2) is 4.00. The highest BCUT2D eigenvalue weighted by Gasteiger charge is 2.20. The third kappa shape index (κ3) is 1.45. The molecule has 0 amide bonds. The third-order valence-electron chi connectivity index (χ3n) is 3.80.